The van der Waals surface area contributed by atoms with E-state index in [4.69, 9.17) is 9.94 Å². The second kappa shape index (κ2) is 6.23. The summed E-state index contributed by atoms with van der Waals surface area (Å²) in [6.45, 7) is 5.67. The quantitative estimate of drug-likeness (QED) is 0.484. The van der Waals surface area contributed by atoms with Crippen LogP contribution in [0.4, 0.5) is 4.39 Å². The Morgan fingerprint density at radius 2 is 2.06 bits per heavy atom. The first kappa shape index (κ1) is 13.5. The smallest absolute Gasteiger partial charge is 0.129 e. The summed E-state index contributed by atoms with van der Waals surface area (Å²) in [6.07, 6.45) is 1.84. The first-order valence-corrected chi connectivity index (χ1v) is 5.77. The summed E-state index contributed by atoms with van der Waals surface area (Å²) in [5.74, 6) is 0.176. The van der Waals surface area contributed by atoms with E-state index in [1.165, 1.54) is 12.1 Å². The van der Waals surface area contributed by atoms with Gasteiger partial charge in [0.15, 0.2) is 0 Å². The molecular formula is C13H18FNO2. The van der Waals surface area contributed by atoms with Crippen molar-refractivity contribution in [3.63, 3.8) is 0 Å². The van der Waals surface area contributed by atoms with Gasteiger partial charge in [-0.25, -0.2) is 4.39 Å². The minimum absolute atomic E-state index is 0.0886. The van der Waals surface area contributed by atoms with E-state index in [1.54, 1.807) is 13.0 Å². The third-order valence-corrected chi connectivity index (χ3v) is 2.69. The first-order chi connectivity index (χ1) is 8.12. The molecule has 0 spiro atoms. The van der Waals surface area contributed by atoms with Gasteiger partial charge in [-0.1, -0.05) is 19.0 Å². The highest BCUT2D eigenvalue weighted by atomic mass is 19.1. The molecule has 0 fully saturated rings. The summed E-state index contributed by atoms with van der Waals surface area (Å²) >= 11 is 0. The Kier molecular flexibility index (Phi) is 4.94. The van der Waals surface area contributed by atoms with Crippen LogP contribution in [-0.2, 0) is 0 Å². The molecule has 0 aromatic heterocycles. The van der Waals surface area contributed by atoms with Crippen LogP contribution in [0.15, 0.2) is 23.4 Å². The van der Waals surface area contributed by atoms with Gasteiger partial charge in [0.25, 0.3) is 0 Å². The summed E-state index contributed by atoms with van der Waals surface area (Å²) in [5, 5.41) is 11.9. The van der Waals surface area contributed by atoms with Gasteiger partial charge in [0, 0.05) is 5.56 Å². The van der Waals surface area contributed by atoms with Crippen LogP contribution in [0, 0.1) is 5.82 Å². The Bertz CT molecular complexity index is 400. The lowest BCUT2D eigenvalue weighted by Gasteiger charge is -2.18. The molecule has 0 amide bonds. The Morgan fingerprint density at radius 1 is 1.41 bits per heavy atom. The molecule has 1 aromatic rings. The minimum Gasteiger partial charge on any atom is -0.490 e. The average Bonchev–Trinajstić information content (AvgIpc) is 2.36. The van der Waals surface area contributed by atoms with Gasteiger partial charge in [0.1, 0.15) is 11.6 Å². The number of ether oxygens (including phenoxy) is 1. The van der Waals surface area contributed by atoms with Crippen LogP contribution in [0.5, 0.6) is 5.75 Å². The van der Waals surface area contributed by atoms with E-state index >= 15 is 0 Å². The highest BCUT2D eigenvalue weighted by Crippen LogP contribution is 2.23. The van der Waals surface area contributed by atoms with Crippen molar-refractivity contribution in [1.29, 1.82) is 0 Å². The summed E-state index contributed by atoms with van der Waals surface area (Å²) < 4.78 is 18.9. The minimum atomic E-state index is -0.375. The highest BCUT2D eigenvalue weighted by Gasteiger charge is 2.12. The molecule has 94 valence electrons. The average molecular weight is 239 g/mol. The van der Waals surface area contributed by atoms with Crippen LogP contribution in [0.25, 0.3) is 0 Å². The zero-order valence-electron chi connectivity index (χ0n) is 10.4. The molecule has 0 aliphatic rings. The molecule has 0 bridgehead atoms. The summed E-state index contributed by atoms with van der Waals surface area (Å²) in [6, 6.07) is 4.22. The molecule has 0 saturated carbocycles. The predicted octanol–water partition coefficient (Wildman–Crippen LogP) is 3.59. The van der Waals surface area contributed by atoms with Crippen LogP contribution in [0.3, 0.4) is 0 Å². The van der Waals surface area contributed by atoms with Gasteiger partial charge in [0.05, 0.1) is 11.8 Å². The number of hydrogen-bond acceptors (Lipinski definition) is 3. The van der Waals surface area contributed by atoms with E-state index in [0.29, 0.717) is 17.0 Å². The lowest BCUT2D eigenvalue weighted by atomic mass is 10.1. The molecule has 0 atom stereocenters. The predicted molar refractivity (Wildman–Crippen MR) is 65.4 cm³/mol. The Hall–Kier alpha value is -1.58. The Labute approximate surface area is 101 Å². The molecule has 1 rings (SSSR count). The second-order valence-corrected chi connectivity index (χ2v) is 3.88. The lowest BCUT2D eigenvalue weighted by molar-refractivity contribution is 0.192. The molecule has 0 aliphatic heterocycles. The molecule has 4 heteroatoms. The van der Waals surface area contributed by atoms with Crippen molar-refractivity contribution < 1.29 is 14.3 Å². The molecule has 1 aromatic carbocycles. The number of rotatable bonds is 5. The molecule has 0 unspecified atom stereocenters. The van der Waals surface area contributed by atoms with Gasteiger partial charge in [-0.05, 0) is 38.0 Å². The molecule has 0 radical (unpaired) electrons. The van der Waals surface area contributed by atoms with Crippen LogP contribution < -0.4 is 4.74 Å². The van der Waals surface area contributed by atoms with E-state index in [2.05, 4.69) is 5.16 Å². The Morgan fingerprint density at radius 3 is 2.59 bits per heavy atom. The number of nitrogens with zero attached hydrogens (tertiary/aromatic N) is 1. The first-order valence-electron chi connectivity index (χ1n) is 5.77. The van der Waals surface area contributed by atoms with Crippen molar-refractivity contribution in [3.8, 4) is 5.75 Å². The van der Waals surface area contributed by atoms with Gasteiger partial charge >= 0.3 is 0 Å². The fourth-order valence-electron chi connectivity index (χ4n) is 1.58. The van der Waals surface area contributed by atoms with Crippen molar-refractivity contribution >= 4 is 5.71 Å². The molecule has 3 nitrogen and oxygen atoms in total. The maximum atomic E-state index is 13.2. The van der Waals surface area contributed by atoms with Crippen LogP contribution in [0.2, 0.25) is 0 Å². The monoisotopic (exact) mass is 239 g/mol. The number of oxime groups is 1. The van der Waals surface area contributed by atoms with Crippen molar-refractivity contribution in [2.45, 2.75) is 39.7 Å². The highest BCUT2D eigenvalue weighted by molar-refractivity contribution is 6.00. The van der Waals surface area contributed by atoms with Gasteiger partial charge in [0.2, 0.25) is 0 Å². The second-order valence-electron chi connectivity index (χ2n) is 3.88. The maximum Gasteiger partial charge on any atom is 0.129 e. The van der Waals surface area contributed by atoms with Gasteiger partial charge < -0.3 is 9.94 Å². The SMILES string of the molecule is CCC(CC)Oc1ccc(F)cc1/C(C)=N/O. The van der Waals surface area contributed by atoms with Crippen LogP contribution in [-0.4, -0.2) is 17.0 Å². The van der Waals surface area contributed by atoms with Gasteiger partial charge in [-0.15, -0.1) is 0 Å². The fourth-order valence-corrected chi connectivity index (χ4v) is 1.58. The van der Waals surface area contributed by atoms with Gasteiger partial charge in [-0.3, -0.25) is 0 Å². The number of halogens is 1. The molecular weight excluding hydrogens is 221 g/mol. The largest absolute Gasteiger partial charge is 0.490 e. The van der Waals surface area contributed by atoms with Crippen molar-refractivity contribution in [2.24, 2.45) is 5.16 Å². The molecule has 0 heterocycles. The van der Waals surface area contributed by atoms with Crippen molar-refractivity contribution in [2.75, 3.05) is 0 Å². The number of benzene rings is 1. The van der Waals surface area contributed by atoms with E-state index < -0.39 is 0 Å². The van der Waals surface area contributed by atoms with E-state index in [0.717, 1.165) is 12.8 Å². The summed E-state index contributed by atoms with van der Waals surface area (Å²) in [4.78, 5) is 0. The number of hydrogen-bond donors (Lipinski definition) is 1. The lowest BCUT2D eigenvalue weighted by Crippen LogP contribution is -2.15. The van der Waals surface area contributed by atoms with Crippen LogP contribution in [0.1, 0.15) is 39.2 Å². The Balaban J connectivity index is 3.06. The molecule has 1 N–H and O–H groups in total. The summed E-state index contributed by atoms with van der Waals surface area (Å²) in [5.41, 5.74) is 0.824. The zero-order chi connectivity index (χ0) is 12.8. The normalized spacial score (nSPS) is 11.9. The topological polar surface area (TPSA) is 41.8 Å². The van der Waals surface area contributed by atoms with E-state index in [9.17, 15) is 4.39 Å². The molecule has 0 saturated heterocycles. The van der Waals surface area contributed by atoms with Crippen LogP contribution >= 0.6 is 0 Å². The molecule has 17 heavy (non-hydrogen) atoms. The van der Waals surface area contributed by atoms with Crippen molar-refractivity contribution in [3.05, 3.63) is 29.6 Å². The van der Waals surface area contributed by atoms with Crippen molar-refractivity contribution in [1.82, 2.24) is 0 Å². The van der Waals surface area contributed by atoms with Gasteiger partial charge in [-0.2, -0.15) is 0 Å². The zero-order valence-corrected chi connectivity index (χ0v) is 10.4. The fraction of sp³-hybridized carbons (Fsp3) is 0.462. The van der Waals surface area contributed by atoms with E-state index in [-0.39, 0.29) is 11.9 Å². The van der Waals surface area contributed by atoms with E-state index in [1.807, 2.05) is 13.8 Å². The third kappa shape index (κ3) is 3.44. The maximum absolute atomic E-state index is 13.2. The molecule has 0 aliphatic carbocycles. The standard InChI is InChI=1S/C13H18FNO2/c1-4-11(5-2)17-13-7-6-10(14)8-12(13)9(3)15-16/h6-8,11,16H,4-5H2,1-3H3/b15-9+. The summed E-state index contributed by atoms with van der Waals surface area (Å²) in [7, 11) is 0. The third-order valence-electron chi connectivity index (χ3n) is 2.69.